The van der Waals surface area contributed by atoms with E-state index in [2.05, 4.69) is 18.7 Å². The van der Waals surface area contributed by atoms with Crippen molar-refractivity contribution in [3.05, 3.63) is 17.7 Å². The summed E-state index contributed by atoms with van der Waals surface area (Å²) in [6.45, 7) is 7.26. The van der Waals surface area contributed by atoms with Crippen LogP contribution in [0.4, 0.5) is 0 Å². The molecule has 1 heterocycles. The third-order valence-corrected chi connectivity index (χ3v) is 4.57. The molecule has 1 aliphatic heterocycles. The van der Waals surface area contributed by atoms with E-state index in [1.807, 2.05) is 12.1 Å². The molecule has 1 saturated heterocycles. The van der Waals surface area contributed by atoms with Crippen LogP contribution in [-0.4, -0.2) is 45.4 Å². The molecule has 0 aliphatic carbocycles. The van der Waals surface area contributed by atoms with Crippen molar-refractivity contribution in [3.63, 3.8) is 0 Å². The lowest BCUT2D eigenvalue weighted by molar-refractivity contribution is 0.0891. The number of piperidine rings is 1. The fraction of sp³-hybridized carbons (Fsp3) is 0.647. The monoisotopic (exact) mass is 308 g/mol. The highest BCUT2D eigenvalue weighted by atomic mass is 16.5. The van der Waals surface area contributed by atoms with Gasteiger partial charge in [0.1, 0.15) is 5.75 Å². The Kier molecular flexibility index (Phi) is 5.19. The van der Waals surface area contributed by atoms with Crippen molar-refractivity contribution < 1.29 is 14.2 Å². The maximum atomic E-state index is 6.22. The minimum atomic E-state index is 0.127. The summed E-state index contributed by atoms with van der Waals surface area (Å²) in [5.41, 5.74) is 7.45. The molecule has 1 aliphatic rings. The minimum Gasteiger partial charge on any atom is -0.496 e. The first-order valence-electron chi connectivity index (χ1n) is 7.68. The van der Waals surface area contributed by atoms with Crippen LogP contribution in [0.2, 0.25) is 0 Å². The number of methoxy groups -OCH3 is 3. The van der Waals surface area contributed by atoms with Gasteiger partial charge in [-0.1, -0.05) is 13.8 Å². The van der Waals surface area contributed by atoms with Crippen LogP contribution in [0.25, 0.3) is 0 Å². The molecule has 0 amide bonds. The number of nitrogens with zero attached hydrogens (tertiary/aromatic N) is 1. The summed E-state index contributed by atoms with van der Waals surface area (Å²) < 4.78 is 16.3. The SMILES string of the molecule is COc1cc(OC)c(OC)cc1CN1CCC(N)C(C)(C)C1. The summed E-state index contributed by atoms with van der Waals surface area (Å²) in [4.78, 5) is 2.42. The minimum absolute atomic E-state index is 0.127. The van der Waals surface area contributed by atoms with E-state index < -0.39 is 0 Å². The first-order valence-corrected chi connectivity index (χ1v) is 7.68. The molecule has 0 spiro atoms. The van der Waals surface area contributed by atoms with Gasteiger partial charge in [0.25, 0.3) is 0 Å². The van der Waals surface area contributed by atoms with E-state index >= 15 is 0 Å². The molecular weight excluding hydrogens is 280 g/mol. The Morgan fingerprint density at radius 1 is 1.09 bits per heavy atom. The van der Waals surface area contributed by atoms with Gasteiger partial charge in [0.15, 0.2) is 11.5 Å². The predicted molar refractivity (Wildman–Crippen MR) is 87.7 cm³/mol. The van der Waals surface area contributed by atoms with E-state index in [0.29, 0.717) is 5.75 Å². The van der Waals surface area contributed by atoms with Crippen LogP contribution >= 0.6 is 0 Å². The molecular formula is C17H28N2O3. The topological polar surface area (TPSA) is 57.0 Å². The lowest BCUT2D eigenvalue weighted by atomic mass is 9.79. The van der Waals surface area contributed by atoms with Gasteiger partial charge in [0.05, 0.1) is 21.3 Å². The number of ether oxygens (including phenoxy) is 3. The zero-order valence-electron chi connectivity index (χ0n) is 14.3. The third-order valence-electron chi connectivity index (χ3n) is 4.57. The Labute approximate surface area is 133 Å². The molecule has 22 heavy (non-hydrogen) atoms. The Hall–Kier alpha value is -1.46. The molecule has 5 heteroatoms. The van der Waals surface area contributed by atoms with Gasteiger partial charge in [-0.05, 0) is 17.9 Å². The van der Waals surface area contributed by atoms with Crippen molar-refractivity contribution in [2.75, 3.05) is 34.4 Å². The Balaban J connectivity index is 2.22. The third kappa shape index (κ3) is 3.47. The van der Waals surface area contributed by atoms with Crippen molar-refractivity contribution >= 4 is 0 Å². The number of nitrogens with two attached hydrogens (primary N) is 1. The van der Waals surface area contributed by atoms with Crippen molar-refractivity contribution in [1.82, 2.24) is 4.90 Å². The van der Waals surface area contributed by atoms with Gasteiger partial charge in [-0.2, -0.15) is 0 Å². The highest BCUT2D eigenvalue weighted by Gasteiger charge is 2.33. The van der Waals surface area contributed by atoms with E-state index in [4.69, 9.17) is 19.9 Å². The molecule has 0 aromatic heterocycles. The van der Waals surface area contributed by atoms with Crippen molar-refractivity contribution in [3.8, 4) is 17.2 Å². The van der Waals surface area contributed by atoms with E-state index in [0.717, 1.165) is 43.1 Å². The van der Waals surface area contributed by atoms with Crippen LogP contribution in [0.3, 0.4) is 0 Å². The smallest absolute Gasteiger partial charge is 0.164 e. The highest BCUT2D eigenvalue weighted by Crippen LogP contribution is 2.36. The van der Waals surface area contributed by atoms with Crippen molar-refractivity contribution in [1.29, 1.82) is 0 Å². The quantitative estimate of drug-likeness (QED) is 0.904. The van der Waals surface area contributed by atoms with Crippen LogP contribution in [0.15, 0.2) is 12.1 Å². The zero-order chi connectivity index (χ0) is 16.3. The maximum Gasteiger partial charge on any atom is 0.164 e. The van der Waals surface area contributed by atoms with Crippen molar-refractivity contribution in [2.24, 2.45) is 11.1 Å². The van der Waals surface area contributed by atoms with Crippen LogP contribution in [-0.2, 0) is 6.54 Å². The van der Waals surface area contributed by atoms with E-state index in [1.54, 1.807) is 21.3 Å². The average molecular weight is 308 g/mol. The Bertz CT molecular complexity index is 517. The van der Waals surface area contributed by atoms with Gasteiger partial charge in [0, 0.05) is 37.3 Å². The maximum absolute atomic E-state index is 6.22. The lowest BCUT2D eigenvalue weighted by Gasteiger charge is -2.42. The summed E-state index contributed by atoms with van der Waals surface area (Å²) in [5, 5.41) is 0. The molecule has 1 atom stereocenters. The molecule has 1 unspecified atom stereocenters. The van der Waals surface area contributed by atoms with Gasteiger partial charge in [0.2, 0.25) is 0 Å². The normalized spacial score (nSPS) is 21.5. The Morgan fingerprint density at radius 3 is 2.23 bits per heavy atom. The number of likely N-dealkylation sites (tertiary alicyclic amines) is 1. The summed E-state index contributed by atoms with van der Waals surface area (Å²) in [6, 6.07) is 4.14. The fourth-order valence-electron chi connectivity index (χ4n) is 3.08. The van der Waals surface area contributed by atoms with Crippen LogP contribution in [0.1, 0.15) is 25.8 Å². The van der Waals surface area contributed by atoms with Gasteiger partial charge >= 0.3 is 0 Å². The number of rotatable bonds is 5. The second kappa shape index (κ2) is 6.75. The fourth-order valence-corrected chi connectivity index (χ4v) is 3.08. The number of benzene rings is 1. The number of hydrogen-bond acceptors (Lipinski definition) is 5. The molecule has 1 fully saturated rings. The van der Waals surface area contributed by atoms with Crippen LogP contribution < -0.4 is 19.9 Å². The molecule has 124 valence electrons. The summed E-state index contributed by atoms with van der Waals surface area (Å²) in [7, 11) is 4.96. The molecule has 2 N–H and O–H groups in total. The first kappa shape index (κ1) is 16.9. The first-order chi connectivity index (χ1) is 10.4. The van der Waals surface area contributed by atoms with E-state index in [9.17, 15) is 0 Å². The summed E-state index contributed by atoms with van der Waals surface area (Å²) >= 11 is 0. The molecule has 2 rings (SSSR count). The second-order valence-corrected chi connectivity index (χ2v) is 6.61. The molecule has 0 radical (unpaired) electrons. The molecule has 1 aromatic carbocycles. The summed E-state index contributed by atoms with van der Waals surface area (Å²) in [6.07, 6.45) is 1.02. The van der Waals surface area contributed by atoms with Crippen LogP contribution in [0, 0.1) is 5.41 Å². The summed E-state index contributed by atoms with van der Waals surface area (Å²) in [5.74, 6) is 2.24. The van der Waals surface area contributed by atoms with E-state index in [1.165, 1.54) is 0 Å². The van der Waals surface area contributed by atoms with Gasteiger partial charge < -0.3 is 19.9 Å². The predicted octanol–water partition coefficient (Wildman–Crippen LogP) is 2.27. The second-order valence-electron chi connectivity index (χ2n) is 6.61. The molecule has 0 saturated carbocycles. The average Bonchev–Trinajstić information content (AvgIpc) is 2.50. The van der Waals surface area contributed by atoms with Crippen LogP contribution in [0.5, 0.6) is 17.2 Å². The van der Waals surface area contributed by atoms with E-state index in [-0.39, 0.29) is 11.5 Å². The van der Waals surface area contributed by atoms with Gasteiger partial charge in [-0.3, -0.25) is 4.90 Å². The highest BCUT2D eigenvalue weighted by molar-refractivity contribution is 5.50. The van der Waals surface area contributed by atoms with Gasteiger partial charge in [-0.25, -0.2) is 0 Å². The largest absolute Gasteiger partial charge is 0.496 e. The molecule has 0 bridgehead atoms. The lowest BCUT2D eigenvalue weighted by Crippen LogP contribution is -2.52. The molecule has 1 aromatic rings. The molecule has 5 nitrogen and oxygen atoms in total. The van der Waals surface area contributed by atoms with Gasteiger partial charge in [-0.15, -0.1) is 0 Å². The zero-order valence-corrected chi connectivity index (χ0v) is 14.3. The van der Waals surface area contributed by atoms with Crippen molar-refractivity contribution in [2.45, 2.75) is 32.9 Å². The Morgan fingerprint density at radius 2 is 1.68 bits per heavy atom. The standard InChI is InChI=1S/C17H28N2O3/c1-17(2)11-19(7-6-16(17)18)10-12-8-14(21-4)15(22-5)9-13(12)20-3/h8-9,16H,6-7,10-11,18H2,1-5H3. The number of hydrogen-bond donors (Lipinski definition) is 1.